The van der Waals surface area contributed by atoms with Crippen LogP contribution < -0.4 is 0 Å². The first-order valence-corrected chi connectivity index (χ1v) is 7.91. The second kappa shape index (κ2) is 6.23. The van der Waals surface area contributed by atoms with Gasteiger partial charge in [-0.3, -0.25) is 4.52 Å². The van der Waals surface area contributed by atoms with Crippen LogP contribution in [0.3, 0.4) is 0 Å². The lowest BCUT2D eigenvalue weighted by molar-refractivity contribution is 0.00721. The molecule has 92 valence electrons. The van der Waals surface area contributed by atoms with Crippen molar-refractivity contribution >= 4 is 29.4 Å². The molecule has 1 heterocycles. The lowest BCUT2D eigenvalue weighted by atomic mass is 10.2. The molecule has 1 rings (SSSR count). The Morgan fingerprint density at radius 1 is 1.44 bits per heavy atom. The second-order valence-electron chi connectivity index (χ2n) is 2.88. The zero-order valence-electron chi connectivity index (χ0n) is 7.96. The standard InChI is InChI=1S/C7H11O6PS2/c8-5(4-13-14(10,11)12)7(9)6-2-1-3-15-16-6/h1-3,5,7-9H,4H2,(H2,10,11,12)/t5-,7?/m0/s1. The Bertz CT molecular complexity index is 338. The topological polar surface area (TPSA) is 107 Å². The molecule has 1 aliphatic rings. The van der Waals surface area contributed by atoms with Crippen LogP contribution in [0.5, 0.6) is 0 Å². The van der Waals surface area contributed by atoms with E-state index >= 15 is 0 Å². The monoisotopic (exact) mass is 286 g/mol. The molecule has 0 bridgehead atoms. The molecular formula is C7H11O6PS2. The van der Waals surface area contributed by atoms with Gasteiger partial charge >= 0.3 is 7.82 Å². The van der Waals surface area contributed by atoms with E-state index < -0.39 is 26.6 Å². The Labute approximate surface area is 100 Å². The summed E-state index contributed by atoms with van der Waals surface area (Å²) in [5, 5.41) is 20.9. The number of hydrogen-bond acceptors (Lipinski definition) is 6. The van der Waals surface area contributed by atoms with Crippen LogP contribution in [0.1, 0.15) is 0 Å². The molecule has 0 aromatic carbocycles. The fourth-order valence-electron chi connectivity index (χ4n) is 0.879. The second-order valence-corrected chi connectivity index (χ2v) is 6.30. The maximum Gasteiger partial charge on any atom is 0.469 e. The lowest BCUT2D eigenvalue weighted by Crippen LogP contribution is -2.31. The predicted molar refractivity (Wildman–Crippen MR) is 62.4 cm³/mol. The molecule has 0 saturated heterocycles. The van der Waals surface area contributed by atoms with Gasteiger partial charge in [-0.2, -0.15) is 0 Å². The molecule has 0 aromatic rings. The molecule has 0 saturated carbocycles. The molecule has 0 aliphatic carbocycles. The van der Waals surface area contributed by atoms with E-state index in [1.807, 2.05) is 0 Å². The van der Waals surface area contributed by atoms with Gasteiger partial charge in [0.1, 0.15) is 12.2 Å². The van der Waals surface area contributed by atoms with Crippen molar-refractivity contribution in [2.75, 3.05) is 6.61 Å². The predicted octanol–water partition coefficient (Wildman–Crippen LogP) is 0.610. The lowest BCUT2D eigenvalue weighted by Gasteiger charge is -2.20. The zero-order valence-corrected chi connectivity index (χ0v) is 10.5. The van der Waals surface area contributed by atoms with E-state index in [4.69, 9.17) is 9.79 Å². The summed E-state index contributed by atoms with van der Waals surface area (Å²) in [5.74, 6) is 0. The molecule has 1 unspecified atom stereocenters. The average Bonchev–Trinajstić information content (AvgIpc) is 2.25. The molecular weight excluding hydrogens is 275 g/mol. The van der Waals surface area contributed by atoms with Crippen molar-refractivity contribution in [3.63, 3.8) is 0 Å². The highest BCUT2D eigenvalue weighted by molar-refractivity contribution is 8.79. The summed E-state index contributed by atoms with van der Waals surface area (Å²) < 4.78 is 14.5. The number of hydrogen-bond donors (Lipinski definition) is 4. The Balaban J connectivity index is 2.47. The normalized spacial score (nSPS) is 20.4. The van der Waals surface area contributed by atoms with Crippen molar-refractivity contribution in [2.45, 2.75) is 12.2 Å². The number of aliphatic hydroxyl groups excluding tert-OH is 2. The van der Waals surface area contributed by atoms with Crippen LogP contribution in [0.4, 0.5) is 0 Å². The fourth-order valence-corrected chi connectivity index (χ4v) is 3.08. The zero-order chi connectivity index (χ0) is 12.2. The summed E-state index contributed by atoms with van der Waals surface area (Å²) in [5.41, 5.74) is 0. The summed E-state index contributed by atoms with van der Waals surface area (Å²) in [7, 11) is -1.98. The summed E-state index contributed by atoms with van der Waals surface area (Å²) in [6, 6.07) is 0. The van der Waals surface area contributed by atoms with Crippen LogP contribution in [0.15, 0.2) is 22.5 Å². The molecule has 16 heavy (non-hydrogen) atoms. The van der Waals surface area contributed by atoms with Gasteiger partial charge in [0.15, 0.2) is 0 Å². The Hall–Kier alpha value is 0.210. The van der Waals surface area contributed by atoms with Crippen LogP contribution in [0, 0.1) is 0 Å². The quantitative estimate of drug-likeness (QED) is 0.430. The maximum absolute atomic E-state index is 10.4. The minimum absolute atomic E-state index is 0.509. The van der Waals surface area contributed by atoms with E-state index in [1.165, 1.54) is 21.6 Å². The van der Waals surface area contributed by atoms with Crippen molar-refractivity contribution < 1.29 is 29.1 Å². The van der Waals surface area contributed by atoms with E-state index in [2.05, 4.69) is 4.52 Å². The molecule has 9 heteroatoms. The molecule has 0 radical (unpaired) electrons. The molecule has 1 aliphatic heterocycles. The van der Waals surface area contributed by atoms with Gasteiger partial charge in [0.2, 0.25) is 0 Å². The molecule has 2 atom stereocenters. The van der Waals surface area contributed by atoms with Gasteiger partial charge in [0, 0.05) is 4.91 Å². The van der Waals surface area contributed by atoms with Gasteiger partial charge in [-0.1, -0.05) is 27.7 Å². The first-order valence-electron chi connectivity index (χ1n) is 4.16. The van der Waals surface area contributed by atoms with Crippen molar-refractivity contribution in [1.29, 1.82) is 0 Å². The number of rotatable bonds is 5. The molecule has 0 spiro atoms. The van der Waals surface area contributed by atoms with Crippen LogP contribution in [-0.4, -0.2) is 38.8 Å². The largest absolute Gasteiger partial charge is 0.469 e. The third-order valence-electron chi connectivity index (χ3n) is 1.61. The minimum Gasteiger partial charge on any atom is -0.388 e. The maximum atomic E-state index is 10.4. The van der Waals surface area contributed by atoms with E-state index in [1.54, 1.807) is 17.6 Å². The van der Waals surface area contributed by atoms with Crippen molar-refractivity contribution in [1.82, 2.24) is 0 Å². The Morgan fingerprint density at radius 3 is 2.62 bits per heavy atom. The van der Waals surface area contributed by atoms with Gasteiger partial charge in [-0.15, -0.1) is 0 Å². The SMILES string of the molecule is O=P(O)(O)OC[C@H](O)C(O)C1=CC=CSS1. The number of aliphatic hydroxyl groups is 2. The van der Waals surface area contributed by atoms with Crippen LogP contribution in [-0.2, 0) is 9.09 Å². The Morgan fingerprint density at radius 2 is 2.12 bits per heavy atom. The van der Waals surface area contributed by atoms with Gasteiger partial charge in [-0.25, -0.2) is 4.57 Å². The number of phosphoric ester groups is 1. The first kappa shape index (κ1) is 14.3. The highest BCUT2D eigenvalue weighted by Crippen LogP contribution is 2.39. The summed E-state index contributed by atoms with van der Waals surface area (Å²) >= 11 is 0. The van der Waals surface area contributed by atoms with Crippen molar-refractivity contribution in [3.05, 3.63) is 22.5 Å². The smallest absolute Gasteiger partial charge is 0.388 e. The number of phosphoric acid groups is 1. The third kappa shape index (κ3) is 5.03. The van der Waals surface area contributed by atoms with Gasteiger partial charge in [0.25, 0.3) is 0 Å². The van der Waals surface area contributed by atoms with E-state index in [9.17, 15) is 14.8 Å². The van der Waals surface area contributed by atoms with Crippen LogP contribution in [0.2, 0.25) is 0 Å². The summed E-state index contributed by atoms with van der Waals surface area (Å²) in [6.07, 6.45) is 0.732. The highest BCUT2D eigenvalue weighted by atomic mass is 33.1. The number of allylic oxidation sites excluding steroid dienone is 2. The van der Waals surface area contributed by atoms with Crippen LogP contribution >= 0.6 is 29.4 Å². The van der Waals surface area contributed by atoms with E-state index in [0.717, 1.165) is 0 Å². The molecule has 6 nitrogen and oxygen atoms in total. The van der Waals surface area contributed by atoms with E-state index in [0.29, 0.717) is 4.91 Å². The average molecular weight is 286 g/mol. The molecule has 0 fully saturated rings. The first-order chi connectivity index (χ1) is 7.40. The van der Waals surface area contributed by atoms with Gasteiger partial charge in [0.05, 0.1) is 6.61 Å². The van der Waals surface area contributed by atoms with Crippen LogP contribution in [0.25, 0.3) is 0 Å². The molecule has 0 aromatic heterocycles. The summed E-state index contributed by atoms with van der Waals surface area (Å²) in [4.78, 5) is 17.3. The fraction of sp³-hybridized carbons (Fsp3) is 0.429. The van der Waals surface area contributed by atoms with Crippen molar-refractivity contribution in [3.8, 4) is 0 Å². The summed E-state index contributed by atoms with van der Waals surface area (Å²) in [6.45, 7) is -0.627. The highest BCUT2D eigenvalue weighted by Gasteiger charge is 2.25. The van der Waals surface area contributed by atoms with Gasteiger partial charge < -0.3 is 20.0 Å². The van der Waals surface area contributed by atoms with E-state index in [-0.39, 0.29) is 0 Å². The Kier molecular flexibility index (Phi) is 5.55. The molecule has 0 amide bonds. The minimum atomic E-state index is -4.62. The van der Waals surface area contributed by atoms with Gasteiger partial charge in [-0.05, 0) is 11.5 Å². The third-order valence-corrected chi connectivity index (χ3v) is 4.23. The van der Waals surface area contributed by atoms with Crippen molar-refractivity contribution in [2.24, 2.45) is 0 Å². The molecule has 4 N–H and O–H groups in total.